The largest absolute Gasteiger partial charge is 0.349 e. The van der Waals surface area contributed by atoms with Gasteiger partial charge >= 0.3 is 6.03 Å². The minimum absolute atomic E-state index is 0.0393. The van der Waals surface area contributed by atoms with E-state index < -0.39 is 5.54 Å². The van der Waals surface area contributed by atoms with Crippen molar-refractivity contribution in [1.82, 2.24) is 20.0 Å². The number of imide groups is 1. The molecule has 2 aliphatic rings. The van der Waals surface area contributed by atoms with Gasteiger partial charge in [0.15, 0.2) is 0 Å². The van der Waals surface area contributed by atoms with Crippen LogP contribution >= 0.6 is 15.9 Å². The minimum atomic E-state index is -0.832. The first kappa shape index (κ1) is 28.0. The zero-order chi connectivity index (χ0) is 27.3. The molecule has 0 saturated carbocycles. The topological polar surface area (TPSA) is 73.0 Å². The molecule has 0 radical (unpaired) electrons. The molecule has 1 atom stereocenters. The van der Waals surface area contributed by atoms with Gasteiger partial charge in [-0.1, -0.05) is 78.3 Å². The van der Waals surface area contributed by atoms with E-state index in [2.05, 4.69) is 32.7 Å². The Morgan fingerprint density at radius 1 is 1.08 bits per heavy atom. The fraction of sp³-hybridized carbons (Fsp3) is 0.433. The van der Waals surface area contributed by atoms with Crippen molar-refractivity contribution in [2.24, 2.45) is 5.92 Å². The van der Waals surface area contributed by atoms with E-state index in [1.807, 2.05) is 68.4 Å². The van der Waals surface area contributed by atoms with Crippen molar-refractivity contribution in [3.8, 4) is 0 Å². The summed E-state index contributed by atoms with van der Waals surface area (Å²) in [6.45, 7) is 10.4. The van der Waals surface area contributed by atoms with Gasteiger partial charge in [0, 0.05) is 36.6 Å². The summed E-state index contributed by atoms with van der Waals surface area (Å²) in [7, 11) is 0. The Hall–Kier alpha value is -2.97. The molecule has 2 aliphatic heterocycles. The minimum Gasteiger partial charge on any atom is -0.349 e. The number of hydrogen-bond acceptors (Lipinski definition) is 4. The molecule has 4 rings (SSSR count). The number of piperidine rings is 1. The number of nitrogens with one attached hydrogen (secondary N) is 1. The molecular formula is C30H37BrN4O3. The van der Waals surface area contributed by atoms with Gasteiger partial charge in [-0.3, -0.25) is 14.5 Å². The number of carbonyl (C=O) groups is 3. The molecular weight excluding hydrogens is 544 g/mol. The highest BCUT2D eigenvalue weighted by Gasteiger charge is 2.57. The van der Waals surface area contributed by atoms with E-state index in [0.29, 0.717) is 32.5 Å². The Balaban J connectivity index is 1.43. The number of hydrogen-bond donors (Lipinski definition) is 1. The first-order chi connectivity index (χ1) is 18.2. The standard InChI is InChI=1S/C30H37BrN4O3/c1-4-17-35-29(38)34(21-23-10-12-25(31)13-11-23)28(37)30(35)15-19-33(20-16-30)18-14-26(32-27(36)22(2)3)24-8-6-5-7-9-24/h4-13,22,26H,1,14-21H2,2-3H3,(H,32,36)/t26-/m0/s1. The Kier molecular flexibility index (Phi) is 9.05. The summed E-state index contributed by atoms with van der Waals surface area (Å²) in [5, 5.41) is 3.20. The fourth-order valence-corrected chi connectivity index (χ4v) is 5.63. The van der Waals surface area contributed by atoms with Crippen molar-refractivity contribution in [1.29, 1.82) is 0 Å². The summed E-state index contributed by atoms with van der Waals surface area (Å²) >= 11 is 3.44. The van der Waals surface area contributed by atoms with E-state index in [1.165, 1.54) is 4.90 Å². The zero-order valence-electron chi connectivity index (χ0n) is 22.2. The number of amides is 4. The van der Waals surface area contributed by atoms with Crippen LogP contribution < -0.4 is 5.32 Å². The van der Waals surface area contributed by atoms with Crippen LogP contribution in [0, 0.1) is 5.92 Å². The highest BCUT2D eigenvalue weighted by Crippen LogP contribution is 2.38. The Morgan fingerprint density at radius 3 is 2.34 bits per heavy atom. The number of rotatable bonds is 10. The molecule has 4 amide bonds. The summed E-state index contributed by atoms with van der Waals surface area (Å²) in [6.07, 6.45) is 3.63. The van der Waals surface area contributed by atoms with E-state index in [-0.39, 0.29) is 36.3 Å². The van der Waals surface area contributed by atoms with Gasteiger partial charge in [0.2, 0.25) is 5.91 Å². The summed E-state index contributed by atoms with van der Waals surface area (Å²) < 4.78 is 0.954. The van der Waals surface area contributed by atoms with E-state index in [4.69, 9.17) is 0 Å². The second kappa shape index (κ2) is 12.3. The van der Waals surface area contributed by atoms with E-state index in [1.54, 1.807) is 11.0 Å². The lowest BCUT2D eigenvalue weighted by atomic mass is 9.85. The van der Waals surface area contributed by atoms with Crippen molar-refractivity contribution in [3.63, 3.8) is 0 Å². The molecule has 2 saturated heterocycles. The molecule has 2 aromatic carbocycles. The summed E-state index contributed by atoms with van der Waals surface area (Å²) in [6, 6.07) is 17.4. The molecule has 8 heteroatoms. The summed E-state index contributed by atoms with van der Waals surface area (Å²) in [5.74, 6) is -0.158. The smallest absolute Gasteiger partial charge is 0.328 e. The van der Waals surface area contributed by atoms with Crippen LogP contribution in [0.5, 0.6) is 0 Å². The van der Waals surface area contributed by atoms with E-state index in [9.17, 15) is 14.4 Å². The first-order valence-corrected chi connectivity index (χ1v) is 14.1. The van der Waals surface area contributed by atoms with Crippen LogP contribution in [0.1, 0.15) is 50.3 Å². The van der Waals surface area contributed by atoms with Gasteiger partial charge in [-0.15, -0.1) is 6.58 Å². The Morgan fingerprint density at radius 2 is 1.74 bits per heavy atom. The molecule has 0 bridgehead atoms. The first-order valence-electron chi connectivity index (χ1n) is 13.3. The van der Waals surface area contributed by atoms with Gasteiger partial charge in [-0.25, -0.2) is 4.79 Å². The summed E-state index contributed by atoms with van der Waals surface area (Å²) in [5.41, 5.74) is 1.17. The molecule has 0 aromatic heterocycles. The van der Waals surface area contributed by atoms with Crippen LogP contribution in [0.2, 0.25) is 0 Å². The van der Waals surface area contributed by atoms with Crippen LogP contribution in [-0.2, 0) is 16.1 Å². The average molecular weight is 582 g/mol. The second-order valence-corrected chi connectivity index (χ2v) is 11.4. The van der Waals surface area contributed by atoms with E-state index >= 15 is 0 Å². The highest BCUT2D eigenvalue weighted by molar-refractivity contribution is 9.10. The van der Waals surface area contributed by atoms with E-state index in [0.717, 1.165) is 28.6 Å². The lowest BCUT2D eigenvalue weighted by Crippen LogP contribution is -2.56. The number of benzene rings is 2. The van der Waals surface area contributed by atoms with Gasteiger partial charge in [0.1, 0.15) is 5.54 Å². The van der Waals surface area contributed by atoms with Crippen LogP contribution in [0.3, 0.4) is 0 Å². The van der Waals surface area contributed by atoms with Crippen LogP contribution in [0.15, 0.2) is 71.7 Å². The molecule has 2 fully saturated rings. The number of likely N-dealkylation sites (tertiary alicyclic amines) is 1. The lowest BCUT2D eigenvalue weighted by Gasteiger charge is -2.42. The maximum Gasteiger partial charge on any atom is 0.328 e. The maximum atomic E-state index is 13.7. The normalized spacial score (nSPS) is 18.3. The van der Waals surface area contributed by atoms with Crippen LogP contribution in [0.25, 0.3) is 0 Å². The van der Waals surface area contributed by atoms with Gasteiger partial charge in [-0.05, 0) is 42.5 Å². The van der Waals surface area contributed by atoms with Crippen LogP contribution in [0.4, 0.5) is 4.79 Å². The van der Waals surface area contributed by atoms with Gasteiger partial charge < -0.3 is 15.1 Å². The predicted molar refractivity (Wildman–Crippen MR) is 152 cm³/mol. The molecule has 2 heterocycles. The highest BCUT2D eigenvalue weighted by atomic mass is 79.9. The Bertz CT molecular complexity index is 1140. The SMILES string of the molecule is C=CCN1C(=O)N(Cc2ccc(Br)cc2)C(=O)C12CCN(CC[C@H](NC(=O)C(C)C)c1ccccc1)CC2. The number of urea groups is 1. The van der Waals surface area contributed by atoms with Crippen molar-refractivity contribution in [2.45, 2.75) is 51.2 Å². The molecule has 0 aliphatic carbocycles. The van der Waals surface area contributed by atoms with Gasteiger partial charge in [0.05, 0.1) is 12.6 Å². The zero-order valence-corrected chi connectivity index (χ0v) is 23.8. The number of halogens is 1. The molecule has 0 unspecified atom stereocenters. The quantitative estimate of drug-likeness (QED) is 0.312. The van der Waals surface area contributed by atoms with Crippen LogP contribution in [-0.4, -0.2) is 64.3 Å². The average Bonchev–Trinajstić information content (AvgIpc) is 3.10. The lowest BCUT2D eigenvalue weighted by molar-refractivity contribution is -0.136. The number of carbonyl (C=O) groups excluding carboxylic acids is 3. The van der Waals surface area contributed by atoms with Crippen molar-refractivity contribution in [3.05, 3.63) is 82.9 Å². The Labute approximate surface area is 234 Å². The van der Waals surface area contributed by atoms with Crippen molar-refractivity contribution in [2.75, 3.05) is 26.2 Å². The molecule has 1 spiro atoms. The van der Waals surface area contributed by atoms with Crippen molar-refractivity contribution >= 4 is 33.8 Å². The predicted octanol–water partition coefficient (Wildman–Crippen LogP) is 5.14. The van der Waals surface area contributed by atoms with Gasteiger partial charge in [-0.2, -0.15) is 0 Å². The van der Waals surface area contributed by atoms with Gasteiger partial charge in [0.25, 0.3) is 5.91 Å². The molecule has 1 N–H and O–H groups in total. The molecule has 38 heavy (non-hydrogen) atoms. The third-order valence-corrected chi connectivity index (χ3v) is 8.18. The molecule has 2 aromatic rings. The third-order valence-electron chi connectivity index (χ3n) is 7.65. The summed E-state index contributed by atoms with van der Waals surface area (Å²) in [4.78, 5) is 45.1. The molecule has 7 nitrogen and oxygen atoms in total. The monoisotopic (exact) mass is 580 g/mol. The fourth-order valence-electron chi connectivity index (χ4n) is 5.36. The second-order valence-electron chi connectivity index (χ2n) is 10.5. The third kappa shape index (κ3) is 6.02. The number of nitrogens with zero attached hydrogens (tertiary/aromatic N) is 3. The van der Waals surface area contributed by atoms with Crippen molar-refractivity contribution < 1.29 is 14.4 Å². The molecule has 202 valence electrons. The maximum absolute atomic E-state index is 13.7.